The lowest BCUT2D eigenvalue weighted by Gasteiger charge is -2.30. The third-order valence-corrected chi connectivity index (χ3v) is 5.28. The van der Waals surface area contributed by atoms with Crippen LogP contribution in [0.25, 0.3) is 10.9 Å². The van der Waals surface area contributed by atoms with Gasteiger partial charge in [-0.3, -0.25) is 4.79 Å². The van der Waals surface area contributed by atoms with Crippen LogP contribution in [0, 0.1) is 5.41 Å². The van der Waals surface area contributed by atoms with Gasteiger partial charge < -0.3 is 9.47 Å². The lowest BCUT2D eigenvalue weighted by molar-refractivity contribution is -0.133. The number of hydrogen-bond acceptors (Lipinski definition) is 1. The fraction of sp³-hybridized carbons (Fsp3) is 0.625. The molecular weight excluding hydrogens is 368 g/mol. The zero-order valence-corrected chi connectivity index (χ0v) is 19.3. The first kappa shape index (κ1) is 22.8. The molecule has 4 heteroatoms. The number of benzene rings is 1. The van der Waals surface area contributed by atoms with E-state index < -0.39 is 0 Å². The number of carbonyl (C=O) groups is 1. The minimum Gasteiger partial charge on any atom is -0.341 e. The van der Waals surface area contributed by atoms with Gasteiger partial charge in [0.2, 0.25) is 5.91 Å². The van der Waals surface area contributed by atoms with Crippen LogP contribution in [0.3, 0.4) is 0 Å². The molecule has 0 saturated carbocycles. The van der Waals surface area contributed by atoms with Crippen molar-refractivity contribution in [3.8, 4) is 0 Å². The minimum absolute atomic E-state index is 0.0940. The largest absolute Gasteiger partial charge is 0.341 e. The highest BCUT2D eigenvalue weighted by Crippen LogP contribution is 2.31. The molecule has 0 aliphatic heterocycles. The molecule has 2 rings (SSSR count). The summed E-state index contributed by atoms with van der Waals surface area (Å²) in [7, 11) is 0. The Kier molecular flexibility index (Phi) is 8.00. The number of nitrogens with zero attached hydrogens (tertiary/aromatic N) is 2. The SMILES string of the molecule is CCCc1c(CCC)n(CC(=O)N(CCC)CC(C)(C)C)c2ccc(Cl)cc12. The predicted molar refractivity (Wildman–Crippen MR) is 121 cm³/mol. The third-order valence-electron chi connectivity index (χ3n) is 5.04. The van der Waals surface area contributed by atoms with Crippen LogP contribution in [0.5, 0.6) is 0 Å². The number of aryl methyl sites for hydroxylation is 1. The molecule has 2 aromatic rings. The van der Waals surface area contributed by atoms with Crippen molar-refractivity contribution in [2.24, 2.45) is 5.41 Å². The number of carbonyl (C=O) groups excluding carboxylic acids is 1. The maximum absolute atomic E-state index is 13.3. The van der Waals surface area contributed by atoms with E-state index in [2.05, 4.69) is 58.2 Å². The number of halogens is 1. The fourth-order valence-corrected chi connectivity index (χ4v) is 4.22. The molecule has 1 aromatic carbocycles. The summed E-state index contributed by atoms with van der Waals surface area (Å²) in [5, 5.41) is 1.97. The lowest BCUT2D eigenvalue weighted by Crippen LogP contribution is -2.40. The summed E-state index contributed by atoms with van der Waals surface area (Å²) in [6.07, 6.45) is 5.14. The predicted octanol–water partition coefficient (Wildman–Crippen LogP) is 6.48. The Bertz CT molecular complexity index is 801. The van der Waals surface area contributed by atoms with Crippen LogP contribution >= 0.6 is 11.6 Å². The summed E-state index contributed by atoms with van der Waals surface area (Å²) in [6.45, 7) is 15.1. The fourth-order valence-electron chi connectivity index (χ4n) is 4.05. The topological polar surface area (TPSA) is 25.2 Å². The van der Waals surface area contributed by atoms with Crippen molar-refractivity contribution in [3.63, 3.8) is 0 Å². The Morgan fingerprint density at radius 2 is 1.75 bits per heavy atom. The quantitative estimate of drug-likeness (QED) is 0.469. The second-order valence-corrected chi connectivity index (χ2v) is 9.49. The number of rotatable bonds is 9. The van der Waals surface area contributed by atoms with E-state index in [1.807, 2.05) is 11.0 Å². The third kappa shape index (κ3) is 5.53. The second kappa shape index (κ2) is 9.82. The van der Waals surface area contributed by atoms with E-state index in [0.717, 1.165) is 55.7 Å². The Balaban J connectivity index is 2.49. The van der Waals surface area contributed by atoms with Gasteiger partial charge in [-0.05, 0) is 48.4 Å². The molecule has 0 fully saturated rings. The van der Waals surface area contributed by atoms with Crippen LogP contribution in [-0.2, 0) is 24.2 Å². The molecule has 1 amide bonds. The molecule has 0 radical (unpaired) electrons. The Labute approximate surface area is 176 Å². The minimum atomic E-state index is 0.0940. The van der Waals surface area contributed by atoms with Gasteiger partial charge >= 0.3 is 0 Å². The average Bonchev–Trinajstić information content (AvgIpc) is 2.87. The summed E-state index contributed by atoms with van der Waals surface area (Å²) in [4.78, 5) is 15.3. The van der Waals surface area contributed by atoms with Crippen LogP contribution in [0.2, 0.25) is 5.02 Å². The number of aromatic nitrogens is 1. The monoisotopic (exact) mass is 404 g/mol. The molecule has 0 saturated heterocycles. The number of fused-ring (bicyclic) bond motifs is 1. The zero-order chi connectivity index (χ0) is 20.9. The molecule has 1 heterocycles. The molecule has 0 aliphatic carbocycles. The normalized spacial score (nSPS) is 12.0. The van der Waals surface area contributed by atoms with E-state index in [0.29, 0.717) is 6.54 Å². The molecule has 3 nitrogen and oxygen atoms in total. The van der Waals surface area contributed by atoms with E-state index in [1.165, 1.54) is 16.6 Å². The molecular formula is C24H37ClN2O. The van der Waals surface area contributed by atoms with Crippen molar-refractivity contribution in [2.45, 2.75) is 80.2 Å². The molecule has 28 heavy (non-hydrogen) atoms. The first-order valence-corrected chi connectivity index (χ1v) is 11.2. The molecule has 0 unspecified atom stereocenters. The summed E-state index contributed by atoms with van der Waals surface area (Å²) in [5.41, 5.74) is 3.91. The Hall–Kier alpha value is -1.48. The first-order valence-electron chi connectivity index (χ1n) is 10.8. The summed E-state index contributed by atoms with van der Waals surface area (Å²) < 4.78 is 2.26. The lowest BCUT2D eigenvalue weighted by atomic mass is 9.96. The Morgan fingerprint density at radius 3 is 2.32 bits per heavy atom. The highest BCUT2D eigenvalue weighted by Gasteiger charge is 2.23. The van der Waals surface area contributed by atoms with Gasteiger partial charge in [0.25, 0.3) is 0 Å². The standard InChI is InChI=1S/C24H37ClN2O/c1-7-10-19-20-15-18(25)12-13-22(20)27(21(19)11-8-2)16-23(28)26(14-9-3)17-24(4,5)6/h12-13,15H,7-11,14,16-17H2,1-6H3. The van der Waals surface area contributed by atoms with Gasteiger partial charge in [-0.1, -0.05) is 66.0 Å². The van der Waals surface area contributed by atoms with Gasteiger partial charge in [0.15, 0.2) is 0 Å². The maximum atomic E-state index is 13.3. The van der Waals surface area contributed by atoms with Crippen LogP contribution in [0.15, 0.2) is 18.2 Å². The van der Waals surface area contributed by atoms with Crippen LogP contribution in [-0.4, -0.2) is 28.5 Å². The zero-order valence-electron chi connectivity index (χ0n) is 18.6. The van der Waals surface area contributed by atoms with Crippen molar-refractivity contribution in [2.75, 3.05) is 13.1 Å². The molecule has 0 N–H and O–H groups in total. The van der Waals surface area contributed by atoms with E-state index in [1.54, 1.807) is 0 Å². The van der Waals surface area contributed by atoms with Crippen LogP contribution < -0.4 is 0 Å². The van der Waals surface area contributed by atoms with Gasteiger partial charge in [-0.2, -0.15) is 0 Å². The van der Waals surface area contributed by atoms with Gasteiger partial charge in [0.1, 0.15) is 6.54 Å². The van der Waals surface area contributed by atoms with Gasteiger partial charge in [-0.25, -0.2) is 0 Å². The van der Waals surface area contributed by atoms with Crippen LogP contribution in [0.4, 0.5) is 0 Å². The highest BCUT2D eigenvalue weighted by atomic mass is 35.5. The van der Waals surface area contributed by atoms with E-state index in [4.69, 9.17) is 11.6 Å². The molecule has 0 aliphatic rings. The van der Waals surface area contributed by atoms with Crippen molar-refractivity contribution in [1.82, 2.24) is 9.47 Å². The molecule has 0 bridgehead atoms. The van der Waals surface area contributed by atoms with Crippen molar-refractivity contribution in [3.05, 3.63) is 34.5 Å². The smallest absolute Gasteiger partial charge is 0.242 e. The molecule has 1 aromatic heterocycles. The van der Waals surface area contributed by atoms with E-state index in [-0.39, 0.29) is 11.3 Å². The Morgan fingerprint density at radius 1 is 1.07 bits per heavy atom. The second-order valence-electron chi connectivity index (χ2n) is 9.05. The van der Waals surface area contributed by atoms with Crippen molar-refractivity contribution >= 4 is 28.4 Å². The summed E-state index contributed by atoms with van der Waals surface area (Å²) in [6, 6.07) is 6.09. The van der Waals surface area contributed by atoms with Gasteiger partial charge in [-0.15, -0.1) is 0 Å². The number of amides is 1. The van der Waals surface area contributed by atoms with Gasteiger partial charge in [0, 0.05) is 34.7 Å². The van der Waals surface area contributed by atoms with E-state index in [9.17, 15) is 4.79 Å². The van der Waals surface area contributed by atoms with Crippen molar-refractivity contribution in [1.29, 1.82) is 0 Å². The molecule has 156 valence electrons. The molecule has 0 spiro atoms. The van der Waals surface area contributed by atoms with Crippen molar-refractivity contribution < 1.29 is 4.79 Å². The van der Waals surface area contributed by atoms with Crippen LogP contribution in [0.1, 0.15) is 72.1 Å². The summed E-state index contributed by atoms with van der Waals surface area (Å²) >= 11 is 6.32. The summed E-state index contributed by atoms with van der Waals surface area (Å²) in [5.74, 6) is 0.212. The average molecular weight is 405 g/mol. The first-order chi connectivity index (χ1) is 13.2. The van der Waals surface area contributed by atoms with E-state index >= 15 is 0 Å². The highest BCUT2D eigenvalue weighted by molar-refractivity contribution is 6.31. The van der Waals surface area contributed by atoms with Gasteiger partial charge in [0.05, 0.1) is 0 Å². The number of hydrogen-bond donors (Lipinski definition) is 0. The molecule has 0 atom stereocenters. The maximum Gasteiger partial charge on any atom is 0.242 e.